The quantitative estimate of drug-likeness (QED) is 0.275. The number of hydrogen-bond donors (Lipinski definition) is 0. The molecule has 8 nitrogen and oxygen atoms in total. The van der Waals surface area contributed by atoms with Crippen molar-refractivity contribution in [3.63, 3.8) is 0 Å². The second-order valence-electron chi connectivity index (χ2n) is 9.42. The first kappa shape index (κ1) is 28.2. The molecule has 0 saturated heterocycles. The summed E-state index contributed by atoms with van der Waals surface area (Å²) in [6.07, 6.45) is 3.48. The monoisotopic (exact) mass is 550 g/mol. The van der Waals surface area contributed by atoms with E-state index in [2.05, 4.69) is 11.9 Å². The summed E-state index contributed by atoms with van der Waals surface area (Å²) in [5.74, 6) is 1.44. The SMILES string of the molecule is CCCCOc1ccc(/C=c2/sc3n(c2=O)[C@H](c2ccc(OC)cc2)C(C(=O)OC(C)C)=C(C)N=3)cc1OC. The van der Waals surface area contributed by atoms with E-state index >= 15 is 0 Å². The first-order valence-corrected chi connectivity index (χ1v) is 13.8. The van der Waals surface area contributed by atoms with E-state index in [4.69, 9.17) is 18.9 Å². The molecule has 1 aliphatic rings. The van der Waals surface area contributed by atoms with Crippen molar-refractivity contribution in [2.24, 2.45) is 4.99 Å². The third-order valence-corrected chi connectivity index (χ3v) is 7.24. The Morgan fingerprint density at radius 2 is 1.85 bits per heavy atom. The lowest BCUT2D eigenvalue weighted by Crippen LogP contribution is -2.40. The first-order valence-electron chi connectivity index (χ1n) is 13.0. The Morgan fingerprint density at radius 3 is 2.49 bits per heavy atom. The molecule has 2 heterocycles. The predicted octanol–water partition coefficient (Wildman–Crippen LogP) is 4.38. The lowest BCUT2D eigenvalue weighted by molar-refractivity contribution is -0.143. The minimum Gasteiger partial charge on any atom is -0.497 e. The topological polar surface area (TPSA) is 88.4 Å². The molecule has 206 valence electrons. The summed E-state index contributed by atoms with van der Waals surface area (Å²) in [4.78, 5) is 32.2. The van der Waals surface area contributed by atoms with Gasteiger partial charge in [0.2, 0.25) is 0 Å². The highest BCUT2D eigenvalue weighted by molar-refractivity contribution is 7.07. The average molecular weight is 551 g/mol. The van der Waals surface area contributed by atoms with Gasteiger partial charge in [0.1, 0.15) is 5.75 Å². The Hall–Kier alpha value is -3.85. The molecular formula is C30H34N2O6S. The van der Waals surface area contributed by atoms with Crippen LogP contribution in [0.4, 0.5) is 0 Å². The van der Waals surface area contributed by atoms with E-state index in [9.17, 15) is 9.59 Å². The van der Waals surface area contributed by atoms with Gasteiger partial charge in [0, 0.05) is 0 Å². The number of allylic oxidation sites excluding steroid dienone is 1. The van der Waals surface area contributed by atoms with E-state index in [1.807, 2.05) is 42.5 Å². The number of nitrogens with zero attached hydrogens (tertiary/aromatic N) is 2. The van der Waals surface area contributed by atoms with Crippen LogP contribution in [0.3, 0.4) is 0 Å². The summed E-state index contributed by atoms with van der Waals surface area (Å²) in [5.41, 5.74) is 2.15. The van der Waals surface area contributed by atoms with Gasteiger partial charge in [-0.15, -0.1) is 0 Å². The average Bonchev–Trinajstić information content (AvgIpc) is 3.22. The van der Waals surface area contributed by atoms with Crippen LogP contribution in [0.5, 0.6) is 17.2 Å². The fourth-order valence-electron chi connectivity index (χ4n) is 4.33. The molecule has 0 unspecified atom stereocenters. The predicted molar refractivity (Wildman–Crippen MR) is 151 cm³/mol. The zero-order chi connectivity index (χ0) is 28.1. The maximum Gasteiger partial charge on any atom is 0.338 e. The molecule has 0 fully saturated rings. The number of ether oxygens (including phenoxy) is 4. The van der Waals surface area contributed by atoms with Crippen LogP contribution in [-0.2, 0) is 9.53 Å². The van der Waals surface area contributed by atoms with Crippen LogP contribution in [0.1, 0.15) is 57.7 Å². The zero-order valence-corrected chi connectivity index (χ0v) is 24.0. The van der Waals surface area contributed by atoms with E-state index in [1.54, 1.807) is 45.6 Å². The fraction of sp³-hybridized carbons (Fsp3) is 0.367. The highest BCUT2D eigenvalue weighted by Crippen LogP contribution is 2.32. The molecule has 3 aromatic rings. The van der Waals surface area contributed by atoms with Gasteiger partial charge in [-0.25, -0.2) is 9.79 Å². The molecule has 0 radical (unpaired) electrons. The van der Waals surface area contributed by atoms with Crippen LogP contribution < -0.4 is 29.1 Å². The second kappa shape index (κ2) is 12.3. The molecule has 2 aromatic carbocycles. The Bertz CT molecular complexity index is 1550. The van der Waals surface area contributed by atoms with E-state index in [-0.39, 0.29) is 11.7 Å². The molecule has 0 saturated carbocycles. The number of carbonyl (C=O) groups excluding carboxylic acids is 1. The third-order valence-electron chi connectivity index (χ3n) is 6.26. The van der Waals surface area contributed by atoms with E-state index in [0.29, 0.717) is 44.5 Å². The fourth-order valence-corrected chi connectivity index (χ4v) is 5.38. The van der Waals surface area contributed by atoms with E-state index < -0.39 is 12.0 Å². The molecule has 1 aliphatic heterocycles. The molecular weight excluding hydrogens is 516 g/mol. The van der Waals surface area contributed by atoms with E-state index in [0.717, 1.165) is 24.0 Å². The van der Waals surface area contributed by atoms with Crippen molar-refractivity contribution in [3.05, 3.63) is 84.5 Å². The van der Waals surface area contributed by atoms with Gasteiger partial charge in [0.15, 0.2) is 16.3 Å². The summed E-state index contributed by atoms with van der Waals surface area (Å²) < 4.78 is 24.3. The first-order chi connectivity index (χ1) is 18.8. The van der Waals surface area contributed by atoms with Crippen LogP contribution in [0.2, 0.25) is 0 Å². The summed E-state index contributed by atoms with van der Waals surface area (Å²) >= 11 is 1.27. The number of rotatable bonds is 10. The molecule has 0 bridgehead atoms. The third kappa shape index (κ3) is 6.09. The lowest BCUT2D eigenvalue weighted by atomic mass is 9.96. The van der Waals surface area contributed by atoms with Gasteiger partial charge in [-0.3, -0.25) is 9.36 Å². The minimum absolute atomic E-state index is 0.246. The van der Waals surface area contributed by atoms with Gasteiger partial charge in [0.25, 0.3) is 5.56 Å². The smallest absolute Gasteiger partial charge is 0.338 e. The number of unbranched alkanes of at least 4 members (excludes halogenated alkanes) is 1. The Labute approximate surface area is 231 Å². The summed E-state index contributed by atoms with van der Waals surface area (Å²) in [6, 6.07) is 12.2. The van der Waals surface area contributed by atoms with Gasteiger partial charge in [0.05, 0.1) is 48.8 Å². The highest BCUT2D eigenvalue weighted by Gasteiger charge is 2.33. The Morgan fingerprint density at radius 1 is 1.10 bits per heavy atom. The number of fused-ring (bicyclic) bond motifs is 1. The van der Waals surface area contributed by atoms with Crippen molar-refractivity contribution in [2.45, 2.75) is 52.7 Å². The largest absolute Gasteiger partial charge is 0.497 e. The number of hydrogen-bond acceptors (Lipinski definition) is 8. The van der Waals surface area contributed by atoms with Crippen LogP contribution >= 0.6 is 11.3 Å². The normalized spacial score (nSPS) is 15.2. The number of carbonyl (C=O) groups is 1. The van der Waals surface area contributed by atoms with Crippen molar-refractivity contribution in [2.75, 3.05) is 20.8 Å². The van der Waals surface area contributed by atoms with Crippen molar-refractivity contribution >= 4 is 23.4 Å². The van der Waals surface area contributed by atoms with Gasteiger partial charge < -0.3 is 18.9 Å². The van der Waals surface area contributed by atoms with Crippen molar-refractivity contribution < 1.29 is 23.7 Å². The van der Waals surface area contributed by atoms with Crippen LogP contribution in [0, 0.1) is 0 Å². The van der Waals surface area contributed by atoms with Gasteiger partial charge in [-0.2, -0.15) is 0 Å². The molecule has 0 spiro atoms. The number of thiazole rings is 1. The van der Waals surface area contributed by atoms with Crippen molar-refractivity contribution in [1.29, 1.82) is 0 Å². The Kier molecular flexibility index (Phi) is 8.91. The lowest BCUT2D eigenvalue weighted by Gasteiger charge is -2.25. The van der Waals surface area contributed by atoms with E-state index in [1.165, 1.54) is 11.3 Å². The minimum atomic E-state index is -0.690. The van der Waals surface area contributed by atoms with Gasteiger partial charge in [-0.05, 0) is 68.7 Å². The van der Waals surface area contributed by atoms with Crippen molar-refractivity contribution in [3.8, 4) is 17.2 Å². The molecule has 0 amide bonds. The number of aromatic nitrogens is 1. The van der Waals surface area contributed by atoms with Gasteiger partial charge >= 0.3 is 5.97 Å². The maximum atomic E-state index is 13.8. The summed E-state index contributed by atoms with van der Waals surface area (Å²) in [7, 11) is 3.18. The molecule has 4 rings (SSSR count). The number of methoxy groups -OCH3 is 2. The summed E-state index contributed by atoms with van der Waals surface area (Å²) in [6.45, 7) is 8.07. The molecule has 1 atom stereocenters. The molecule has 0 N–H and O–H groups in total. The van der Waals surface area contributed by atoms with Crippen LogP contribution in [0.25, 0.3) is 6.08 Å². The van der Waals surface area contributed by atoms with Crippen molar-refractivity contribution in [1.82, 2.24) is 4.57 Å². The van der Waals surface area contributed by atoms with Gasteiger partial charge in [-0.1, -0.05) is 42.9 Å². The van der Waals surface area contributed by atoms with Crippen LogP contribution in [0.15, 0.2) is 63.5 Å². The molecule has 0 aliphatic carbocycles. The zero-order valence-electron chi connectivity index (χ0n) is 23.1. The standard InChI is InChI=1S/C30H34N2O6S/c1-7-8-15-37-23-14-9-20(16-24(23)36-6)17-25-28(33)32-27(21-10-12-22(35-5)13-11-21)26(29(34)38-18(2)3)19(4)31-30(32)39-25/h9-14,16-18,27H,7-8,15H2,1-6H3/b25-17+/t27-/m1/s1. The number of esters is 1. The molecule has 1 aromatic heterocycles. The second-order valence-corrected chi connectivity index (χ2v) is 10.4. The van der Waals surface area contributed by atoms with Crippen LogP contribution in [-0.4, -0.2) is 37.5 Å². The Balaban J connectivity index is 1.83. The highest BCUT2D eigenvalue weighted by atomic mass is 32.1. The summed E-state index contributed by atoms with van der Waals surface area (Å²) in [5, 5.41) is 0. The molecule has 9 heteroatoms. The number of benzene rings is 2. The molecule has 39 heavy (non-hydrogen) atoms. The maximum absolute atomic E-state index is 13.8.